The van der Waals surface area contributed by atoms with Crippen molar-refractivity contribution in [2.75, 3.05) is 0 Å². The summed E-state index contributed by atoms with van der Waals surface area (Å²) in [5, 5.41) is 0. The second kappa shape index (κ2) is 3.95. The average molecular weight is 248 g/mol. The van der Waals surface area contributed by atoms with Crippen LogP contribution in [-0.4, -0.2) is 23.8 Å². The number of allylic oxidation sites excluding steroid dienone is 2. The number of hydrogen-bond donors (Lipinski definition) is 0. The summed E-state index contributed by atoms with van der Waals surface area (Å²) < 4.78 is 11.3. The standard InChI is InChI=1S/C15H20O3/c1-9-5-4-8-15(3)13(18-15)12-11(7-6-9)10(2)14(16)17-12/h5,11-13H,2,4,6-8H2,1,3H3/b9-5-/t11-,12-,13+,15+/m0/s1. The quantitative estimate of drug-likeness (QED) is 0.286. The Morgan fingerprint density at radius 1 is 1.50 bits per heavy atom. The first-order chi connectivity index (χ1) is 8.51. The maximum Gasteiger partial charge on any atom is 0.334 e. The lowest BCUT2D eigenvalue weighted by Gasteiger charge is -2.19. The van der Waals surface area contributed by atoms with Gasteiger partial charge in [-0.05, 0) is 39.5 Å². The van der Waals surface area contributed by atoms with Crippen molar-refractivity contribution < 1.29 is 14.3 Å². The fraction of sp³-hybridized carbons (Fsp3) is 0.667. The molecule has 0 saturated carbocycles. The summed E-state index contributed by atoms with van der Waals surface area (Å²) in [7, 11) is 0. The molecule has 0 aromatic carbocycles. The van der Waals surface area contributed by atoms with Crippen LogP contribution in [-0.2, 0) is 14.3 Å². The van der Waals surface area contributed by atoms with Crippen LogP contribution in [0.2, 0.25) is 0 Å². The average Bonchev–Trinajstić information content (AvgIpc) is 2.90. The van der Waals surface area contributed by atoms with E-state index in [-0.39, 0.29) is 29.7 Å². The number of fused-ring (bicyclic) bond motifs is 3. The van der Waals surface area contributed by atoms with Crippen LogP contribution in [0.4, 0.5) is 0 Å². The van der Waals surface area contributed by atoms with Crippen LogP contribution in [0.3, 0.4) is 0 Å². The summed E-state index contributed by atoms with van der Waals surface area (Å²) in [5.74, 6) is -0.102. The Morgan fingerprint density at radius 2 is 2.28 bits per heavy atom. The SMILES string of the molecule is C=C1C(=O)O[C@@H]2[C@H]3O[C@]3(C)CC/C=C(/C)CC[C@@H]12. The minimum Gasteiger partial charge on any atom is -0.455 e. The van der Waals surface area contributed by atoms with Crippen LogP contribution in [0, 0.1) is 5.92 Å². The molecule has 3 nitrogen and oxygen atoms in total. The van der Waals surface area contributed by atoms with Crippen LogP contribution in [0.15, 0.2) is 23.8 Å². The van der Waals surface area contributed by atoms with Gasteiger partial charge in [0.1, 0.15) is 12.2 Å². The molecule has 98 valence electrons. The molecule has 2 saturated heterocycles. The van der Waals surface area contributed by atoms with Gasteiger partial charge in [0.2, 0.25) is 0 Å². The van der Waals surface area contributed by atoms with E-state index >= 15 is 0 Å². The van der Waals surface area contributed by atoms with E-state index < -0.39 is 0 Å². The van der Waals surface area contributed by atoms with Crippen molar-refractivity contribution in [2.24, 2.45) is 5.92 Å². The summed E-state index contributed by atoms with van der Waals surface area (Å²) in [4.78, 5) is 11.7. The second-order valence-corrected chi connectivity index (χ2v) is 5.98. The molecule has 3 rings (SSSR count). The minimum absolute atomic E-state index is 0.0671. The van der Waals surface area contributed by atoms with Crippen molar-refractivity contribution in [3.8, 4) is 0 Å². The normalized spacial score (nSPS) is 46.6. The minimum atomic E-state index is -0.233. The molecular formula is C15H20O3. The highest BCUT2D eigenvalue weighted by Gasteiger charge is 2.61. The molecule has 3 heteroatoms. The molecule has 0 radical (unpaired) electrons. The second-order valence-electron chi connectivity index (χ2n) is 5.98. The fourth-order valence-electron chi connectivity index (χ4n) is 3.20. The molecule has 3 aliphatic rings. The molecule has 18 heavy (non-hydrogen) atoms. The largest absolute Gasteiger partial charge is 0.455 e. The van der Waals surface area contributed by atoms with Gasteiger partial charge in [0.15, 0.2) is 0 Å². The van der Waals surface area contributed by atoms with Gasteiger partial charge in [0.05, 0.1) is 5.60 Å². The molecule has 4 atom stereocenters. The van der Waals surface area contributed by atoms with E-state index in [1.165, 1.54) is 5.57 Å². The van der Waals surface area contributed by atoms with Crippen LogP contribution in [0.25, 0.3) is 0 Å². The van der Waals surface area contributed by atoms with E-state index in [4.69, 9.17) is 9.47 Å². The van der Waals surface area contributed by atoms with Gasteiger partial charge in [-0.3, -0.25) is 0 Å². The van der Waals surface area contributed by atoms with E-state index in [9.17, 15) is 4.79 Å². The highest BCUT2D eigenvalue weighted by atomic mass is 16.6. The number of carbonyl (C=O) groups excluding carboxylic acids is 1. The van der Waals surface area contributed by atoms with Gasteiger partial charge in [-0.2, -0.15) is 0 Å². The van der Waals surface area contributed by atoms with Crippen molar-refractivity contribution in [3.05, 3.63) is 23.8 Å². The Kier molecular flexibility index (Phi) is 2.63. The van der Waals surface area contributed by atoms with E-state index in [0.29, 0.717) is 5.57 Å². The Labute approximate surface area is 108 Å². The van der Waals surface area contributed by atoms with Crippen molar-refractivity contribution in [3.63, 3.8) is 0 Å². The number of esters is 1. The van der Waals surface area contributed by atoms with Gasteiger partial charge in [-0.1, -0.05) is 18.2 Å². The summed E-state index contributed by atoms with van der Waals surface area (Å²) in [6.07, 6.45) is 6.25. The molecule has 2 heterocycles. The third-order valence-corrected chi connectivity index (χ3v) is 4.57. The van der Waals surface area contributed by atoms with Gasteiger partial charge in [0.25, 0.3) is 0 Å². The number of rotatable bonds is 0. The first-order valence-corrected chi connectivity index (χ1v) is 6.74. The molecule has 2 aliphatic heterocycles. The molecule has 1 aliphatic carbocycles. The first kappa shape index (κ1) is 12.0. The van der Waals surface area contributed by atoms with Gasteiger partial charge in [-0.15, -0.1) is 0 Å². The summed E-state index contributed by atoms with van der Waals surface area (Å²) in [5.41, 5.74) is 1.91. The highest BCUT2D eigenvalue weighted by molar-refractivity contribution is 5.91. The Morgan fingerprint density at radius 3 is 3.06 bits per heavy atom. The van der Waals surface area contributed by atoms with Crippen LogP contribution >= 0.6 is 0 Å². The third kappa shape index (κ3) is 1.81. The smallest absolute Gasteiger partial charge is 0.334 e. The molecule has 2 fully saturated rings. The molecule has 0 amide bonds. The van der Waals surface area contributed by atoms with Crippen molar-refractivity contribution in [1.82, 2.24) is 0 Å². The monoisotopic (exact) mass is 248 g/mol. The first-order valence-electron chi connectivity index (χ1n) is 6.74. The predicted octanol–water partition coefficient (Wildman–Crippen LogP) is 2.76. The summed E-state index contributed by atoms with van der Waals surface area (Å²) in [6, 6.07) is 0. The predicted molar refractivity (Wildman–Crippen MR) is 68.0 cm³/mol. The summed E-state index contributed by atoms with van der Waals surface area (Å²) in [6.45, 7) is 8.17. The number of ether oxygens (including phenoxy) is 2. The zero-order chi connectivity index (χ0) is 12.9. The fourth-order valence-corrected chi connectivity index (χ4v) is 3.20. The van der Waals surface area contributed by atoms with Gasteiger partial charge >= 0.3 is 5.97 Å². The van der Waals surface area contributed by atoms with E-state index in [0.717, 1.165) is 25.7 Å². The molecule has 0 unspecified atom stereocenters. The van der Waals surface area contributed by atoms with Crippen LogP contribution in [0.1, 0.15) is 39.5 Å². The lowest BCUT2D eigenvalue weighted by molar-refractivity contribution is -0.140. The van der Waals surface area contributed by atoms with Crippen LogP contribution in [0.5, 0.6) is 0 Å². The summed E-state index contributed by atoms with van der Waals surface area (Å²) >= 11 is 0. The van der Waals surface area contributed by atoms with Gasteiger partial charge < -0.3 is 9.47 Å². The van der Waals surface area contributed by atoms with E-state index in [1.54, 1.807) is 0 Å². The Hall–Kier alpha value is -1.09. The van der Waals surface area contributed by atoms with Gasteiger partial charge in [-0.25, -0.2) is 4.79 Å². The Balaban J connectivity index is 1.87. The van der Waals surface area contributed by atoms with Gasteiger partial charge in [0, 0.05) is 11.5 Å². The number of hydrogen-bond acceptors (Lipinski definition) is 3. The third-order valence-electron chi connectivity index (χ3n) is 4.57. The molecule has 0 bridgehead atoms. The number of epoxide rings is 1. The number of carbonyl (C=O) groups is 1. The maximum absolute atomic E-state index is 11.7. The molecule has 0 spiro atoms. The molecular weight excluding hydrogens is 228 g/mol. The zero-order valence-electron chi connectivity index (χ0n) is 11.1. The lowest BCUT2D eigenvalue weighted by atomic mass is 9.84. The van der Waals surface area contributed by atoms with E-state index in [1.807, 2.05) is 0 Å². The zero-order valence-corrected chi connectivity index (χ0v) is 11.1. The maximum atomic E-state index is 11.7. The van der Waals surface area contributed by atoms with E-state index in [2.05, 4.69) is 26.5 Å². The highest BCUT2D eigenvalue weighted by Crippen LogP contribution is 2.49. The Bertz CT molecular complexity index is 437. The molecule has 0 aromatic rings. The van der Waals surface area contributed by atoms with Crippen molar-refractivity contribution in [2.45, 2.75) is 57.3 Å². The van der Waals surface area contributed by atoms with Crippen molar-refractivity contribution >= 4 is 5.97 Å². The molecule has 0 aromatic heterocycles. The van der Waals surface area contributed by atoms with Crippen LogP contribution < -0.4 is 0 Å². The van der Waals surface area contributed by atoms with Crippen molar-refractivity contribution in [1.29, 1.82) is 0 Å². The topological polar surface area (TPSA) is 38.8 Å². The lowest BCUT2D eigenvalue weighted by Crippen LogP contribution is -2.28. The molecule has 0 N–H and O–H groups in total.